The van der Waals surface area contributed by atoms with Crippen molar-refractivity contribution in [1.29, 1.82) is 0 Å². The Bertz CT molecular complexity index is 1060. The van der Waals surface area contributed by atoms with Gasteiger partial charge in [-0.2, -0.15) is 4.98 Å². The Morgan fingerprint density at radius 1 is 1.14 bits per heavy atom. The van der Waals surface area contributed by atoms with E-state index in [0.29, 0.717) is 22.4 Å². The van der Waals surface area contributed by atoms with E-state index >= 15 is 0 Å². The lowest BCUT2D eigenvalue weighted by Gasteiger charge is -2.27. The molecule has 0 radical (unpaired) electrons. The van der Waals surface area contributed by atoms with Crippen LogP contribution in [0.5, 0.6) is 5.88 Å². The van der Waals surface area contributed by atoms with Crippen LogP contribution in [-0.4, -0.2) is 33.1 Å². The van der Waals surface area contributed by atoms with Crippen LogP contribution in [0.3, 0.4) is 0 Å². The van der Waals surface area contributed by atoms with Crippen LogP contribution < -0.4 is 9.64 Å². The molecular weight excluding hydrogens is 384 g/mol. The van der Waals surface area contributed by atoms with Crippen LogP contribution in [0.25, 0.3) is 17.3 Å². The SMILES string of the molecule is CCSc1nnc2c(n1)O[C@@H](/C=C/c1ccccc1)N(C(C)=O)c1ccccc1-2. The van der Waals surface area contributed by atoms with Gasteiger partial charge in [-0.3, -0.25) is 9.69 Å². The van der Waals surface area contributed by atoms with E-state index in [0.717, 1.165) is 16.9 Å². The standard InChI is InChI=1S/C22H20N4O2S/c1-3-29-22-23-21-20(24-25-22)17-11-7-8-12-18(17)26(15(2)27)19(28-21)14-13-16-9-5-4-6-10-16/h4-14,19H,3H2,1-2H3/b14-13+/t19-/m0/s1. The third-order valence-electron chi connectivity index (χ3n) is 4.41. The van der Waals surface area contributed by atoms with Gasteiger partial charge in [0.2, 0.25) is 16.9 Å². The van der Waals surface area contributed by atoms with Crippen LogP contribution >= 0.6 is 11.8 Å². The Kier molecular flexibility index (Phi) is 5.57. The zero-order valence-corrected chi connectivity index (χ0v) is 17.0. The van der Waals surface area contributed by atoms with E-state index in [-0.39, 0.29) is 5.91 Å². The lowest BCUT2D eigenvalue weighted by atomic mass is 10.1. The Balaban J connectivity index is 1.84. The quantitative estimate of drug-likeness (QED) is 0.599. The second kappa shape index (κ2) is 8.45. The molecular formula is C22H20N4O2S. The predicted molar refractivity (Wildman–Crippen MR) is 115 cm³/mol. The number of hydrogen-bond donors (Lipinski definition) is 0. The highest BCUT2D eigenvalue weighted by molar-refractivity contribution is 7.99. The molecule has 0 aliphatic carbocycles. The summed E-state index contributed by atoms with van der Waals surface area (Å²) >= 11 is 1.49. The maximum absolute atomic E-state index is 12.6. The monoisotopic (exact) mass is 404 g/mol. The number of carbonyl (C=O) groups is 1. The van der Waals surface area contributed by atoms with Crippen molar-refractivity contribution in [3.8, 4) is 17.1 Å². The first-order valence-corrected chi connectivity index (χ1v) is 10.3. The van der Waals surface area contributed by atoms with Crippen LogP contribution in [-0.2, 0) is 4.79 Å². The number of rotatable bonds is 4. The number of carbonyl (C=O) groups excluding carboxylic acids is 1. The molecule has 0 spiro atoms. The normalized spacial score (nSPS) is 15.4. The van der Waals surface area contributed by atoms with Crippen LogP contribution in [0.1, 0.15) is 19.4 Å². The van der Waals surface area contributed by atoms with Crippen molar-refractivity contribution in [1.82, 2.24) is 15.2 Å². The maximum atomic E-state index is 12.6. The molecule has 0 saturated carbocycles. The summed E-state index contributed by atoms with van der Waals surface area (Å²) in [6, 6.07) is 17.5. The van der Waals surface area contributed by atoms with E-state index in [1.165, 1.54) is 18.7 Å². The molecule has 0 saturated heterocycles. The highest BCUT2D eigenvalue weighted by atomic mass is 32.2. The van der Waals surface area contributed by atoms with E-state index in [2.05, 4.69) is 15.2 Å². The first-order chi connectivity index (χ1) is 14.2. The van der Waals surface area contributed by atoms with E-state index < -0.39 is 6.23 Å². The van der Waals surface area contributed by atoms with E-state index in [1.54, 1.807) is 4.90 Å². The summed E-state index contributed by atoms with van der Waals surface area (Å²) in [7, 11) is 0. The second-order valence-corrected chi connectivity index (χ2v) is 7.60. The minimum atomic E-state index is -0.661. The molecule has 0 bridgehead atoms. The number of thioether (sulfide) groups is 1. The van der Waals surface area contributed by atoms with E-state index in [4.69, 9.17) is 4.74 Å². The number of benzene rings is 2. The van der Waals surface area contributed by atoms with Crippen molar-refractivity contribution in [2.24, 2.45) is 0 Å². The molecule has 7 heteroatoms. The lowest BCUT2D eigenvalue weighted by Crippen LogP contribution is -2.41. The first kappa shape index (κ1) is 19.1. The fourth-order valence-electron chi connectivity index (χ4n) is 3.16. The molecule has 0 unspecified atom stereocenters. The average molecular weight is 404 g/mol. The van der Waals surface area contributed by atoms with Gasteiger partial charge in [-0.1, -0.05) is 73.3 Å². The van der Waals surface area contributed by atoms with Gasteiger partial charge < -0.3 is 4.74 Å². The fraction of sp³-hybridized carbons (Fsp3) is 0.182. The van der Waals surface area contributed by atoms with E-state index in [1.807, 2.05) is 73.7 Å². The third-order valence-corrected chi connectivity index (χ3v) is 5.13. The van der Waals surface area contributed by atoms with Crippen molar-refractivity contribution in [2.45, 2.75) is 25.2 Å². The van der Waals surface area contributed by atoms with Gasteiger partial charge in [0.05, 0.1) is 5.69 Å². The summed E-state index contributed by atoms with van der Waals surface area (Å²) in [4.78, 5) is 18.8. The largest absolute Gasteiger partial charge is 0.448 e. The average Bonchev–Trinajstić information content (AvgIpc) is 2.87. The molecule has 6 nitrogen and oxygen atoms in total. The molecule has 29 heavy (non-hydrogen) atoms. The van der Waals surface area contributed by atoms with Crippen molar-refractivity contribution in [2.75, 3.05) is 10.7 Å². The Morgan fingerprint density at radius 2 is 1.90 bits per heavy atom. The number of ether oxygens (including phenoxy) is 1. The van der Waals surface area contributed by atoms with Gasteiger partial charge in [-0.05, 0) is 23.5 Å². The van der Waals surface area contributed by atoms with Gasteiger partial charge in [-0.25, -0.2) is 0 Å². The van der Waals surface area contributed by atoms with Gasteiger partial charge in [0, 0.05) is 12.5 Å². The van der Waals surface area contributed by atoms with Crippen LogP contribution in [0, 0.1) is 0 Å². The summed E-state index contributed by atoms with van der Waals surface area (Å²) < 4.78 is 6.21. The maximum Gasteiger partial charge on any atom is 0.247 e. The molecule has 1 aliphatic rings. The number of aromatic nitrogens is 3. The second-order valence-electron chi connectivity index (χ2n) is 6.37. The molecule has 0 fully saturated rings. The van der Waals surface area contributed by atoms with Crippen LogP contribution in [0.15, 0.2) is 65.8 Å². The number of nitrogens with zero attached hydrogens (tertiary/aromatic N) is 4. The Hall–Kier alpha value is -3.19. The summed E-state index contributed by atoms with van der Waals surface area (Å²) in [5.41, 5.74) is 3.03. The summed E-state index contributed by atoms with van der Waals surface area (Å²) in [5, 5.41) is 9.12. The predicted octanol–water partition coefficient (Wildman–Crippen LogP) is 4.44. The molecule has 0 N–H and O–H groups in total. The van der Waals surface area contributed by atoms with Crippen LogP contribution in [0.2, 0.25) is 0 Å². The minimum absolute atomic E-state index is 0.135. The molecule has 2 aromatic carbocycles. The fourth-order valence-corrected chi connectivity index (χ4v) is 3.66. The Labute approximate surface area is 173 Å². The highest BCUT2D eigenvalue weighted by Gasteiger charge is 2.32. The summed E-state index contributed by atoms with van der Waals surface area (Å²) in [6.45, 7) is 3.55. The van der Waals surface area contributed by atoms with E-state index in [9.17, 15) is 4.79 Å². The smallest absolute Gasteiger partial charge is 0.247 e. The van der Waals surface area contributed by atoms with Crippen molar-refractivity contribution < 1.29 is 9.53 Å². The molecule has 1 aromatic heterocycles. The molecule has 146 valence electrons. The molecule has 1 amide bonds. The minimum Gasteiger partial charge on any atom is -0.448 e. The van der Waals surface area contributed by atoms with Crippen molar-refractivity contribution >= 4 is 29.4 Å². The molecule has 1 aliphatic heterocycles. The summed E-state index contributed by atoms with van der Waals surface area (Å²) in [5.74, 6) is 1.06. The molecule has 1 atom stereocenters. The molecule has 2 heterocycles. The number of hydrogen-bond acceptors (Lipinski definition) is 6. The van der Waals surface area contributed by atoms with Gasteiger partial charge in [0.25, 0.3) is 0 Å². The van der Waals surface area contributed by atoms with Crippen LogP contribution in [0.4, 0.5) is 5.69 Å². The van der Waals surface area contributed by atoms with Gasteiger partial charge in [0.15, 0.2) is 11.9 Å². The molecule has 4 rings (SSSR count). The molecule has 3 aromatic rings. The number of para-hydroxylation sites is 1. The number of amides is 1. The lowest BCUT2D eigenvalue weighted by molar-refractivity contribution is -0.117. The third kappa shape index (κ3) is 4.00. The number of fused-ring (bicyclic) bond motifs is 3. The zero-order valence-electron chi connectivity index (χ0n) is 16.1. The highest BCUT2D eigenvalue weighted by Crippen LogP contribution is 2.39. The van der Waals surface area contributed by atoms with Gasteiger partial charge >= 0.3 is 0 Å². The number of anilines is 1. The van der Waals surface area contributed by atoms with Crippen molar-refractivity contribution in [3.63, 3.8) is 0 Å². The topological polar surface area (TPSA) is 68.2 Å². The van der Waals surface area contributed by atoms with Crippen molar-refractivity contribution in [3.05, 3.63) is 66.2 Å². The Morgan fingerprint density at radius 3 is 2.66 bits per heavy atom. The van der Waals surface area contributed by atoms with Gasteiger partial charge in [-0.15, -0.1) is 10.2 Å². The summed E-state index contributed by atoms with van der Waals surface area (Å²) in [6.07, 6.45) is 3.13. The van der Waals surface area contributed by atoms with Gasteiger partial charge in [0.1, 0.15) is 0 Å². The zero-order chi connectivity index (χ0) is 20.2. The first-order valence-electron chi connectivity index (χ1n) is 9.34.